The molecule has 86 heavy (non-hydrogen) atoms. The number of benzene rings is 2. The van der Waals surface area contributed by atoms with Crippen LogP contribution in [-0.2, 0) is 70.4 Å². The number of urea groups is 1. The average molecular weight is 1220 g/mol. The Labute approximate surface area is 498 Å². The van der Waals surface area contributed by atoms with E-state index in [0.717, 1.165) is 23.1 Å². The molecule has 1 saturated carbocycles. The number of anilines is 2. The summed E-state index contributed by atoms with van der Waals surface area (Å²) in [6.45, 7) is 4.45. The number of nitrogens with zero attached hydrogens (tertiary/aromatic N) is 4. The number of nitrogens with two attached hydrogens (primary N) is 2. The minimum Gasteiger partial charge on any atom is -0.446 e. The Morgan fingerprint density at radius 3 is 2.22 bits per heavy atom. The molecular formula is C57H77N13O15S. The monoisotopic (exact) mass is 1220 g/mol. The third-order valence-electron chi connectivity index (χ3n) is 14.7. The Morgan fingerprint density at radius 1 is 0.791 bits per heavy atom. The van der Waals surface area contributed by atoms with Gasteiger partial charge in [-0.15, -0.1) is 0 Å². The molecule has 1 unspecified atom stereocenters. The van der Waals surface area contributed by atoms with Crippen LogP contribution >= 0.6 is 0 Å². The second kappa shape index (κ2) is 32.3. The van der Waals surface area contributed by atoms with E-state index in [4.69, 9.17) is 34.0 Å². The first-order valence-corrected chi connectivity index (χ1v) is 30.2. The molecule has 7 rings (SSSR count). The van der Waals surface area contributed by atoms with Gasteiger partial charge in [0, 0.05) is 75.0 Å². The highest BCUT2D eigenvalue weighted by atomic mass is 32.2. The highest BCUT2D eigenvalue weighted by molar-refractivity contribution is 7.84. The van der Waals surface area contributed by atoms with E-state index in [1.165, 1.54) is 29.6 Å². The van der Waals surface area contributed by atoms with Gasteiger partial charge < -0.3 is 66.5 Å². The predicted molar refractivity (Wildman–Crippen MR) is 312 cm³/mol. The SMILES string of the molecule is CC(C)C(NC(=O)CCCCCN1C(=O)C=CC1=O)C(=O)N[C@H](CCCNC(N)=O)C(=O)Nc1ccc(COC(=O)NCCOCCOCCNC(=O)O[C@H]2C[C@H](n3ccc4c(N[C@H]5CCc6ccccc65)ncnc43)C[C@H]2COS(N)(=O)=O)cc1. The minimum atomic E-state index is -4.26. The van der Waals surface area contributed by atoms with Gasteiger partial charge in [-0.05, 0) is 85.8 Å². The van der Waals surface area contributed by atoms with Gasteiger partial charge in [-0.1, -0.05) is 56.7 Å². The minimum absolute atomic E-state index is 0.0892. The number of rotatable bonds is 34. The van der Waals surface area contributed by atoms with Crippen LogP contribution in [0.5, 0.6) is 0 Å². The summed E-state index contributed by atoms with van der Waals surface area (Å²) < 4.78 is 52.7. The zero-order valence-electron chi connectivity index (χ0n) is 48.2. The van der Waals surface area contributed by atoms with Crippen molar-refractivity contribution in [3.63, 3.8) is 0 Å². The Balaban J connectivity index is 0.755. The van der Waals surface area contributed by atoms with Crippen LogP contribution in [0.25, 0.3) is 11.0 Å². The number of aryl methyl sites for hydroxylation is 1. The lowest BCUT2D eigenvalue weighted by atomic mass is 10.0. The van der Waals surface area contributed by atoms with E-state index < -0.39 is 64.4 Å². The molecule has 2 aromatic carbocycles. The van der Waals surface area contributed by atoms with E-state index >= 15 is 0 Å². The number of amides is 9. The molecule has 2 aliphatic carbocycles. The van der Waals surface area contributed by atoms with Gasteiger partial charge in [-0.2, -0.15) is 8.42 Å². The first kappa shape index (κ1) is 65.3. The molecule has 1 fully saturated rings. The predicted octanol–water partition coefficient (Wildman–Crippen LogP) is 3.25. The van der Waals surface area contributed by atoms with Crippen LogP contribution in [0.4, 0.5) is 25.9 Å². The van der Waals surface area contributed by atoms with Crippen molar-refractivity contribution in [1.29, 1.82) is 0 Å². The number of ether oxygens (including phenoxy) is 4. The first-order valence-electron chi connectivity index (χ1n) is 28.7. The summed E-state index contributed by atoms with van der Waals surface area (Å²) in [6, 6.07) is 13.9. The fraction of sp³-hybridized carbons (Fsp3) is 0.509. The molecule has 9 amide bonds. The molecule has 0 bridgehead atoms. The molecular weight excluding hydrogens is 1140 g/mol. The van der Waals surface area contributed by atoms with Crippen LogP contribution in [-0.4, -0.2) is 153 Å². The summed E-state index contributed by atoms with van der Waals surface area (Å²) in [4.78, 5) is 110. The van der Waals surface area contributed by atoms with Crippen LogP contribution in [0, 0.1) is 11.8 Å². The largest absolute Gasteiger partial charge is 0.446 e. The molecule has 28 nitrogen and oxygen atoms in total. The van der Waals surface area contributed by atoms with Gasteiger partial charge in [0.2, 0.25) is 17.7 Å². The molecule has 4 aromatic rings. The summed E-state index contributed by atoms with van der Waals surface area (Å²) in [5.41, 5.74) is 9.42. The Kier molecular flexibility index (Phi) is 24.5. The number of unbranched alkanes of at least 4 members (excludes halogenated alkanes) is 2. The van der Waals surface area contributed by atoms with Crippen LogP contribution in [0.3, 0.4) is 0 Å². The van der Waals surface area contributed by atoms with Crippen molar-refractivity contribution < 1.29 is 69.9 Å². The third kappa shape index (κ3) is 20.2. The van der Waals surface area contributed by atoms with E-state index in [1.807, 2.05) is 29.0 Å². The molecule has 2 aromatic heterocycles. The van der Waals surface area contributed by atoms with Gasteiger partial charge in [0.25, 0.3) is 11.8 Å². The van der Waals surface area contributed by atoms with Gasteiger partial charge >= 0.3 is 28.5 Å². The maximum atomic E-state index is 13.6. The van der Waals surface area contributed by atoms with Gasteiger partial charge in [-0.25, -0.2) is 29.5 Å². The van der Waals surface area contributed by atoms with E-state index in [1.54, 1.807) is 38.1 Å². The summed E-state index contributed by atoms with van der Waals surface area (Å²) in [7, 11) is -4.26. The molecule has 466 valence electrons. The molecule has 3 heterocycles. The maximum Gasteiger partial charge on any atom is 0.407 e. The molecule has 0 radical (unpaired) electrons. The molecule has 0 spiro atoms. The van der Waals surface area contributed by atoms with Crippen molar-refractivity contribution in [2.75, 3.05) is 69.8 Å². The highest BCUT2D eigenvalue weighted by Gasteiger charge is 2.40. The fourth-order valence-electron chi connectivity index (χ4n) is 10.3. The molecule has 3 aliphatic rings. The molecule has 0 saturated heterocycles. The normalized spacial score (nSPS) is 17.9. The topological polar surface area (TPSA) is 387 Å². The number of hydrogen-bond donors (Lipinski definition) is 9. The smallest absolute Gasteiger partial charge is 0.407 e. The molecule has 6 atom stereocenters. The number of alkyl carbamates (subject to hydrolysis) is 2. The van der Waals surface area contributed by atoms with E-state index in [9.17, 15) is 46.8 Å². The lowest BCUT2D eigenvalue weighted by Gasteiger charge is -2.25. The number of carbonyl (C=O) groups excluding carboxylic acids is 8. The van der Waals surface area contributed by atoms with E-state index in [0.29, 0.717) is 54.8 Å². The number of fused-ring (bicyclic) bond motifs is 2. The van der Waals surface area contributed by atoms with E-state index in [2.05, 4.69) is 59.3 Å². The van der Waals surface area contributed by atoms with Crippen molar-refractivity contribution >= 4 is 80.6 Å². The summed E-state index contributed by atoms with van der Waals surface area (Å²) >= 11 is 0. The quantitative estimate of drug-likeness (QED) is 0.0239. The van der Waals surface area contributed by atoms with Gasteiger partial charge in [-0.3, -0.25) is 33.1 Å². The lowest BCUT2D eigenvalue weighted by Crippen LogP contribution is -2.54. The zero-order valence-corrected chi connectivity index (χ0v) is 49.0. The first-order chi connectivity index (χ1) is 41.3. The lowest BCUT2D eigenvalue weighted by molar-refractivity contribution is -0.137. The fourth-order valence-corrected chi connectivity index (χ4v) is 10.7. The number of imide groups is 1. The van der Waals surface area contributed by atoms with Crippen molar-refractivity contribution in [3.05, 3.63) is 96.0 Å². The summed E-state index contributed by atoms with van der Waals surface area (Å²) in [5.74, 6) is -2.38. The Hall–Kier alpha value is -8.25. The number of nitrogens with one attached hydrogen (secondary N) is 7. The van der Waals surface area contributed by atoms with Gasteiger partial charge in [0.15, 0.2) is 0 Å². The van der Waals surface area contributed by atoms with Crippen molar-refractivity contribution in [2.24, 2.45) is 22.7 Å². The standard InChI is InChI=1S/C57H77N13O15S/c1-36(2)50(68-47(71)12-4-3-7-25-70-48(72)19-20-49(70)73)54(75)67-45(11-8-22-60-55(58)76)53(74)65-40-16-13-37(14-17-40)33-83-56(77)61-23-27-81-29-30-82-28-24-62-57(78)85-46-32-41(31-39(46)34-84-86(59,79)80)69-26-21-43-51(63-35-64-52(43)69)66-44-18-15-38-9-5-6-10-42(38)44/h5-6,9-10,13-14,16-17,19-21,26,35-36,39,41,44-46,50H,3-4,7-8,11-12,15,18,22-25,27-34H2,1-2H3,(H,61,77)(H,62,78)(H,65,74)(H,67,75)(H,68,71)(H3,58,60,76)(H2,59,79,80)(H,63,64,66)/t39-,41+,44-,45+,46-,50?/m0/s1. The number of aromatic nitrogens is 3. The zero-order chi connectivity index (χ0) is 61.6. The van der Waals surface area contributed by atoms with Crippen molar-refractivity contribution in [2.45, 2.75) is 115 Å². The maximum absolute atomic E-state index is 13.6. The Bertz CT molecular complexity index is 3130. The Morgan fingerprint density at radius 2 is 1.51 bits per heavy atom. The van der Waals surface area contributed by atoms with Crippen molar-refractivity contribution in [1.82, 2.24) is 46.0 Å². The molecule has 11 N–H and O–H groups in total. The van der Waals surface area contributed by atoms with Crippen LogP contribution in [0.2, 0.25) is 0 Å². The van der Waals surface area contributed by atoms with Crippen LogP contribution in [0.1, 0.15) is 100 Å². The number of hydrogen-bond acceptors (Lipinski definition) is 18. The highest BCUT2D eigenvalue weighted by Crippen LogP contribution is 2.40. The molecule has 1 aliphatic heterocycles. The van der Waals surface area contributed by atoms with Gasteiger partial charge in [0.1, 0.15) is 42.6 Å². The second-order valence-corrected chi connectivity index (χ2v) is 22.5. The van der Waals surface area contributed by atoms with Crippen LogP contribution in [0.15, 0.2) is 79.3 Å². The second-order valence-electron chi connectivity index (χ2n) is 21.3. The third-order valence-corrected chi connectivity index (χ3v) is 15.2. The molecule has 29 heteroatoms. The van der Waals surface area contributed by atoms with E-state index in [-0.39, 0.29) is 121 Å². The number of carbonyl (C=O) groups is 8. The summed E-state index contributed by atoms with van der Waals surface area (Å²) in [6.07, 6.45) is 8.48. The van der Waals surface area contributed by atoms with Crippen molar-refractivity contribution in [3.8, 4) is 0 Å². The average Bonchev–Trinajstić information content (AvgIpc) is 2.13. The van der Waals surface area contributed by atoms with Crippen LogP contribution < -0.4 is 48.1 Å². The van der Waals surface area contributed by atoms with Gasteiger partial charge in [0.05, 0.1) is 44.5 Å². The number of primary amides is 1. The summed E-state index contributed by atoms with van der Waals surface area (Å²) in [5, 5.41) is 25.6.